The van der Waals surface area contributed by atoms with Crippen LogP contribution in [0.4, 0.5) is 0 Å². The van der Waals surface area contributed by atoms with Gasteiger partial charge in [-0.1, -0.05) is 0 Å². The predicted molar refractivity (Wildman–Crippen MR) is 108 cm³/mol. The van der Waals surface area contributed by atoms with Gasteiger partial charge in [0.2, 0.25) is 18.0 Å². The summed E-state index contributed by atoms with van der Waals surface area (Å²) in [5.74, 6) is 1.94. The molecule has 1 heterocycles. The summed E-state index contributed by atoms with van der Waals surface area (Å²) in [6.07, 6.45) is -0.672. The fourth-order valence-electron chi connectivity index (χ4n) is 2.81. The van der Waals surface area contributed by atoms with Crippen molar-refractivity contribution in [2.45, 2.75) is 20.1 Å². The first-order valence-corrected chi connectivity index (χ1v) is 9.47. The second kappa shape index (κ2) is 8.52. The number of nitrogens with zero attached hydrogens (tertiary/aromatic N) is 2. The Morgan fingerprint density at radius 2 is 1.86 bits per heavy atom. The maximum atomic E-state index is 12.2. The molecule has 1 amide bonds. The lowest BCUT2D eigenvalue weighted by Gasteiger charge is -2.19. The minimum atomic E-state index is -0.672. The van der Waals surface area contributed by atoms with Gasteiger partial charge in [-0.3, -0.25) is 4.79 Å². The maximum Gasteiger partial charge on any atom is 0.244 e. The van der Waals surface area contributed by atoms with Crippen molar-refractivity contribution in [2.24, 2.45) is 5.10 Å². The number of amides is 1. The first-order valence-electron chi connectivity index (χ1n) is 8.68. The molecule has 0 radical (unpaired) electrons. The Kier molecular flexibility index (Phi) is 6.08. The van der Waals surface area contributed by atoms with Gasteiger partial charge in [-0.2, -0.15) is 5.01 Å². The highest BCUT2D eigenvalue weighted by Gasteiger charge is 2.34. The number of carbonyl (C=O) groups is 1. The second-order valence-electron chi connectivity index (χ2n) is 5.93. The Morgan fingerprint density at radius 3 is 2.43 bits per heavy atom. The second-order valence-corrected chi connectivity index (χ2v) is 6.78. The Hall–Kier alpha value is -2.74. The number of carbonyl (C=O) groups excluding carboxylic acids is 1. The largest absolute Gasteiger partial charge is 0.496 e. The van der Waals surface area contributed by atoms with Crippen LogP contribution in [0, 0.1) is 0 Å². The maximum absolute atomic E-state index is 12.2. The van der Waals surface area contributed by atoms with E-state index in [-0.39, 0.29) is 11.8 Å². The Bertz CT molecular complexity index is 898. The zero-order valence-electron chi connectivity index (χ0n) is 16.1. The number of hydrogen-bond acceptors (Lipinski definition) is 6. The van der Waals surface area contributed by atoms with Crippen molar-refractivity contribution in [3.05, 3.63) is 52.0 Å². The number of halogens is 1. The van der Waals surface area contributed by atoms with Gasteiger partial charge in [0.05, 0.1) is 30.9 Å². The molecule has 28 heavy (non-hydrogen) atoms. The highest BCUT2D eigenvalue weighted by molar-refractivity contribution is 9.10. The number of methoxy groups -OCH3 is 2. The van der Waals surface area contributed by atoms with Crippen LogP contribution in [0.2, 0.25) is 0 Å². The van der Waals surface area contributed by atoms with Crippen LogP contribution in [0.1, 0.15) is 31.2 Å². The first-order chi connectivity index (χ1) is 13.5. The molecule has 0 bridgehead atoms. The van der Waals surface area contributed by atoms with E-state index < -0.39 is 6.23 Å². The fraction of sp³-hybridized carbons (Fsp3) is 0.300. The van der Waals surface area contributed by atoms with Crippen molar-refractivity contribution in [1.82, 2.24) is 5.01 Å². The van der Waals surface area contributed by atoms with Gasteiger partial charge < -0.3 is 18.9 Å². The summed E-state index contributed by atoms with van der Waals surface area (Å²) in [5.41, 5.74) is 1.39. The summed E-state index contributed by atoms with van der Waals surface area (Å²) >= 11 is 3.46. The van der Waals surface area contributed by atoms with Gasteiger partial charge in [-0.15, -0.1) is 5.10 Å². The van der Waals surface area contributed by atoms with Crippen molar-refractivity contribution in [1.29, 1.82) is 0 Å². The van der Waals surface area contributed by atoms with E-state index in [2.05, 4.69) is 21.0 Å². The molecule has 0 aliphatic carbocycles. The molecular formula is C20H21BrN2O5. The van der Waals surface area contributed by atoms with E-state index in [4.69, 9.17) is 18.9 Å². The van der Waals surface area contributed by atoms with Gasteiger partial charge in [0.15, 0.2) is 0 Å². The Labute approximate surface area is 172 Å². The summed E-state index contributed by atoms with van der Waals surface area (Å²) < 4.78 is 23.0. The van der Waals surface area contributed by atoms with Crippen LogP contribution in [0.5, 0.6) is 17.2 Å². The monoisotopic (exact) mass is 448 g/mol. The molecule has 7 nitrogen and oxygen atoms in total. The molecule has 1 aliphatic heterocycles. The molecule has 0 saturated carbocycles. The Morgan fingerprint density at radius 1 is 1.18 bits per heavy atom. The number of hydrogen-bond donors (Lipinski definition) is 0. The summed E-state index contributed by atoms with van der Waals surface area (Å²) in [4.78, 5) is 12.2. The normalized spacial score (nSPS) is 15.7. The first kappa shape index (κ1) is 20.0. The molecule has 8 heteroatoms. The summed E-state index contributed by atoms with van der Waals surface area (Å²) in [5, 5.41) is 5.69. The number of ether oxygens (including phenoxy) is 4. The van der Waals surface area contributed by atoms with Gasteiger partial charge in [-0.05, 0) is 53.2 Å². The molecule has 2 aromatic rings. The molecule has 0 fully saturated rings. The minimum absolute atomic E-state index is 0.236. The van der Waals surface area contributed by atoms with Crippen molar-refractivity contribution in [2.75, 3.05) is 20.8 Å². The molecule has 148 valence electrons. The van der Waals surface area contributed by atoms with E-state index in [0.717, 1.165) is 15.8 Å². The zero-order chi connectivity index (χ0) is 20.3. The van der Waals surface area contributed by atoms with Crippen LogP contribution >= 0.6 is 15.9 Å². The van der Waals surface area contributed by atoms with E-state index in [0.29, 0.717) is 23.7 Å². The highest BCUT2D eigenvalue weighted by atomic mass is 79.9. The lowest BCUT2D eigenvalue weighted by Crippen LogP contribution is -2.25. The number of rotatable bonds is 6. The number of benzene rings is 2. The zero-order valence-corrected chi connectivity index (χ0v) is 17.6. The third kappa shape index (κ3) is 3.91. The van der Waals surface area contributed by atoms with E-state index in [1.807, 2.05) is 31.2 Å². The predicted octanol–water partition coefficient (Wildman–Crippen LogP) is 4.10. The van der Waals surface area contributed by atoms with Crippen molar-refractivity contribution in [3.8, 4) is 17.2 Å². The molecular weight excluding hydrogens is 428 g/mol. The van der Waals surface area contributed by atoms with Crippen LogP contribution in [0.25, 0.3) is 0 Å². The lowest BCUT2D eigenvalue weighted by molar-refractivity contribution is -0.135. The Balaban J connectivity index is 1.95. The SMILES string of the molecule is CCOc1ccc(C2OC(c3cc(Br)c(OC)cc3OC)=NN2C(C)=O)cc1. The molecule has 1 atom stereocenters. The van der Waals surface area contributed by atoms with Crippen LogP contribution in [-0.2, 0) is 9.53 Å². The lowest BCUT2D eigenvalue weighted by atomic mass is 10.1. The van der Waals surface area contributed by atoms with Crippen LogP contribution in [0.3, 0.4) is 0 Å². The number of hydrazone groups is 1. The van der Waals surface area contributed by atoms with Crippen LogP contribution < -0.4 is 14.2 Å². The van der Waals surface area contributed by atoms with Gasteiger partial charge >= 0.3 is 0 Å². The van der Waals surface area contributed by atoms with Gasteiger partial charge in [0, 0.05) is 18.6 Å². The average Bonchev–Trinajstić information content (AvgIpc) is 3.14. The smallest absolute Gasteiger partial charge is 0.244 e. The van der Waals surface area contributed by atoms with Crippen molar-refractivity contribution >= 4 is 27.7 Å². The molecule has 0 spiro atoms. The minimum Gasteiger partial charge on any atom is -0.496 e. The van der Waals surface area contributed by atoms with E-state index >= 15 is 0 Å². The highest BCUT2D eigenvalue weighted by Crippen LogP contribution is 2.37. The molecule has 0 N–H and O–H groups in total. The molecule has 1 unspecified atom stereocenters. The van der Waals surface area contributed by atoms with Gasteiger partial charge in [0.25, 0.3) is 0 Å². The molecule has 0 saturated heterocycles. The van der Waals surface area contributed by atoms with Gasteiger partial charge in [-0.25, -0.2) is 0 Å². The van der Waals surface area contributed by atoms with Crippen LogP contribution in [0.15, 0.2) is 46.0 Å². The summed E-state index contributed by atoms with van der Waals surface area (Å²) in [6, 6.07) is 10.9. The average molecular weight is 449 g/mol. The standard InChI is InChI=1S/C20H21BrN2O5/c1-5-27-14-8-6-13(7-9-14)20-23(12(2)24)22-19(28-20)15-10-16(21)18(26-4)11-17(15)25-3/h6-11,20H,5H2,1-4H3. The fourth-order valence-corrected chi connectivity index (χ4v) is 3.32. The molecule has 1 aliphatic rings. The molecule has 3 rings (SSSR count). The van der Waals surface area contributed by atoms with Crippen molar-refractivity contribution < 1.29 is 23.7 Å². The van der Waals surface area contributed by atoms with Gasteiger partial charge in [0.1, 0.15) is 17.2 Å². The van der Waals surface area contributed by atoms with E-state index in [1.165, 1.54) is 11.9 Å². The quantitative estimate of drug-likeness (QED) is 0.664. The topological polar surface area (TPSA) is 69.6 Å². The van der Waals surface area contributed by atoms with E-state index in [9.17, 15) is 4.79 Å². The van der Waals surface area contributed by atoms with Crippen molar-refractivity contribution in [3.63, 3.8) is 0 Å². The molecule has 0 aromatic heterocycles. The molecule has 2 aromatic carbocycles. The van der Waals surface area contributed by atoms with Crippen LogP contribution in [-0.4, -0.2) is 37.6 Å². The third-order valence-electron chi connectivity index (χ3n) is 4.15. The summed E-state index contributed by atoms with van der Waals surface area (Å²) in [6.45, 7) is 3.95. The summed E-state index contributed by atoms with van der Waals surface area (Å²) in [7, 11) is 3.12. The third-order valence-corrected chi connectivity index (χ3v) is 4.77. The van der Waals surface area contributed by atoms with E-state index in [1.54, 1.807) is 26.4 Å².